The van der Waals surface area contributed by atoms with Crippen LogP contribution >= 0.6 is 24.2 Å². The van der Waals surface area contributed by atoms with Gasteiger partial charge in [-0.2, -0.15) is 11.8 Å². The second kappa shape index (κ2) is 5.84. The number of nitrogens with zero attached hydrogens (tertiary/aromatic N) is 1. The number of H-pyrrole nitrogens is 1. The normalized spacial score (nSPS) is 28.2. The SMILES string of the molecule is CSC[C@H]1CN(C)[C@@H]2Cc3c[nH]c4cccc(c34)[C@H]2O1.Cl. The van der Waals surface area contributed by atoms with Crippen LogP contribution in [0.5, 0.6) is 0 Å². The molecule has 3 nitrogen and oxygen atoms in total. The Morgan fingerprint density at radius 3 is 3.10 bits per heavy atom. The van der Waals surface area contributed by atoms with Crippen molar-refractivity contribution in [3.63, 3.8) is 0 Å². The summed E-state index contributed by atoms with van der Waals surface area (Å²) in [5.41, 5.74) is 4.05. The molecule has 1 aliphatic carbocycles. The first-order valence-electron chi connectivity index (χ1n) is 7.21. The van der Waals surface area contributed by atoms with Gasteiger partial charge in [0.15, 0.2) is 0 Å². The van der Waals surface area contributed by atoms with E-state index in [1.54, 1.807) is 0 Å². The van der Waals surface area contributed by atoms with E-state index in [1.165, 1.54) is 22.0 Å². The van der Waals surface area contributed by atoms with Gasteiger partial charge in [0.05, 0.1) is 12.2 Å². The standard InChI is InChI=1S/C16H20N2OS.ClH/c1-18-8-11(9-20-2)19-16-12-4-3-5-13-15(12)10(7-17-13)6-14(16)18;/h3-5,7,11,14,16-17H,6,8-9H2,1-2H3;1H/t11-,14-,16-;/m1./s1. The fourth-order valence-electron chi connectivity index (χ4n) is 3.76. The Labute approximate surface area is 135 Å². The second-order valence-electron chi connectivity index (χ2n) is 5.93. The van der Waals surface area contributed by atoms with Crippen LogP contribution in [0.4, 0.5) is 0 Å². The molecule has 1 saturated heterocycles. The minimum atomic E-state index is 0. The van der Waals surface area contributed by atoms with E-state index >= 15 is 0 Å². The van der Waals surface area contributed by atoms with Gasteiger partial charge >= 0.3 is 0 Å². The maximum absolute atomic E-state index is 6.44. The second-order valence-corrected chi connectivity index (χ2v) is 6.84. The van der Waals surface area contributed by atoms with Crippen LogP contribution < -0.4 is 0 Å². The average molecular weight is 325 g/mol. The van der Waals surface area contributed by atoms with Gasteiger partial charge in [-0.3, -0.25) is 4.90 Å². The molecule has 21 heavy (non-hydrogen) atoms. The maximum Gasteiger partial charge on any atom is 0.0994 e. The predicted molar refractivity (Wildman–Crippen MR) is 91.7 cm³/mol. The number of ether oxygens (including phenoxy) is 1. The first-order chi connectivity index (χ1) is 9.78. The lowest BCUT2D eigenvalue weighted by Gasteiger charge is -2.45. The first-order valence-corrected chi connectivity index (χ1v) is 8.61. The molecule has 5 heteroatoms. The number of hydrogen-bond acceptors (Lipinski definition) is 3. The molecule has 3 atom stereocenters. The highest BCUT2D eigenvalue weighted by Gasteiger charge is 2.39. The molecule has 0 amide bonds. The number of likely N-dealkylation sites (N-methyl/N-ethyl adjacent to an activating group) is 1. The lowest BCUT2D eigenvalue weighted by Crippen LogP contribution is -2.51. The molecule has 2 aliphatic rings. The van der Waals surface area contributed by atoms with Gasteiger partial charge in [-0.1, -0.05) is 12.1 Å². The van der Waals surface area contributed by atoms with E-state index in [0.717, 1.165) is 18.7 Å². The van der Waals surface area contributed by atoms with Crippen LogP contribution in [0, 0.1) is 0 Å². The van der Waals surface area contributed by atoms with Crippen molar-refractivity contribution in [3.8, 4) is 0 Å². The van der Waals surface area contributed by atoms with Gasteiger partial charge < -0.3 is 9.72 Å². The van der Waals surface area contributed by atoms with Crippen LogP contribution in [-0.4, -0.2) is 47.6 Å². The Bertz CT molecular complexity index is 644. The van der Waals surface area contributed by atoms with Gasteiger partial charge in [0, 0.05) is 35.4 Å². The van der Waals surface area contributed by atoms with Crippen molar-refractivity contribution in [2.24, 2.45) is 0 Å². The average Bonchev–Trinajstić information content (AvgIpc) is 2.86. The molecule has 114 valence electrons. The molecule has 1 N–H and O–H groups in total. The molecule has 0 saturated carbocycles. The number of benzene rings is 1. The van der Waals surface area contributed by atoms with Crippen molar-refractivity contribution in [1.82, 2.24) is 9.88 Å². The third-order valence-electron chi connectivity index (χ3n) is 4.65. The van der Waals surface area contributed by atoms with Crippen molar-refractivity contribution in [1.29, 1.82) is 0 Å². The van der Waals surface area contributed by atoms with Crippen LogP contribution in [0.2, 0.25) is 0 Å². The Morgan fingerprint density at radius 1 is 1.43 bits per heavy atom. The van der Waals surface area contributed by atoms with Crippen molar-refractivity contribution in [2.75, 3.05) is 25.6 Å². The molecular formula is C16H21ClN2OS. The third kappa shape index (κ3) is 2.38. The fourth-order valence-corrected chi connectivity index (χ4v) is 4.32. The number of morpholine rings is 1. The van der Waals surface area contributed by atoms with Crippen molar-refractivity contribution in [2.45, 2.75) is 24.7 Å². The Hall–Kier alpha value is -0.680. The number of halogens is 1. The molecule has 0 unspecified atom stereocenters. The van der Waals surface area contributed by atoms with Gasteiger partial charge in [-0.05, 0) is 36.9 Å². The number of fused-ring (bicyclic) bond motifs is 2. The highest BCUT2D eigenvalue weighted by atomic mass is 35.5. The highest BCUT2D eigenvalue weighted by Crippen LogP contribution is 2.42. The number of rotatable bonds is 2. The zero-order chi connectivity index (χ0) is 13.7. The molecule has 0 bridgehead atoms. The molecule has 1 aliphatic heterocycles. The largest absolute Gasteiger partial charge is 0.366 e. The number of aromatic amines is 1. The molecule has 1 fully saturated rings. The monoisotopic (exact) mass is 324 g/mol. The summed E-state index contributed by atoms with van der Waals surface area (Å²) in [7, 11) is 2.24. The van der Waals surface area contributed by atoms with E-state index in [4.69, 9.17) is 4.74 Å². The molecular weight excluding hydrogens is 304 g/mol. The van der Waals surface area contributed by atoms with Gasteiger partial charge in [-0.15, -0.1) is 12.4 Å². The summed E-state index contributed by atoms with van der Waals surface area (Å²) < 4.78 is 6.44. The van der Waals surface area contributed by atoms with E-state index in [1.807, 2.05) is 11.8 Å². The molecule has 2 aromatic rings. The fraction of sp³-hybridized carbons (Fsp3) is 0.500. The molecule has 2 heterocycles. The summed E-state index contributed by atoms with van der Waals surface area (Å²) in [4.78, 5) is 5.89. The molecule has 4 rings (SSSR count). The van der Waals surface area contributed by atoms with Crippen LogP contribution in [0.15, 0.2) is 24.4 Å². The zero-order valence-electron chi connectivity index (χ0n) is 12.3. The smallest absolute Gasteiger partial charge is 0.0994 e. The van der Waals surface area contributed by atoms with Gasteiger partial charge in [-0.25, -0.2) is 0 Å². The molecule has 1 aromatic heterocycles. The van der Waals surface area contributed by atoms with Crippen molar-refractivity contribution < 1.29 is 4.74 Å². The molecule has 1 aromatic carbocycles. The number of thioether (sulfide) groups is 1. The summed E-state index contributed by atoms with van der Waals surface area (Å²) in [6.07, 6.45) is 5.97. The summed E-state index contributed by atoms with van der Waals surface area (Å²) in [5.74, 6) is 1.07. The third-order valence-corrected chi connectivity index (χ3v) is 5.36. The van der Waals surface area contributed by atoms with Crippen LogP contribution in [-0.2, 0) is 11.2 Å². The van der Waals surface area contributed by atoms with E-state index in [0.29, 0.717) is 12.1 Å². The van der Waals surface area contributed by atoms with E-state index in [9.17, 15) is 0 Å². The first kappa shape index (κ1) is 15.2. The Morgan fingerprint density at radius 2 is 2.29 bits per heavy atom. The van der Waals surface area contributed by atoms with Crippen molar-refractivity contribution in [3.05, 3.63) is 35.5 Å². The van der Waals surface area contributed by atoms with Crippen molar-refractivity contribution >= 4 is 35.1 Å². The highest BCUT2D eigenvalue weighted by molar-refractivity contribution is 7.98. The van der Waals surface area contributed by atoms with Gasteiger partial charge in [0.2, 0.25) is 0 Å². The van der Waals surface area contributed by atoms with E-state index < -0.39 is 0 Å². The topological polar surface area (TPSA) is 28.3 Å². The zero-order valence-corrected chi connectivity index (χ0v) is 14.0. The lowest BCUT2D eigenvalue weighted by molar-refractivity contribution is -0.106. The number of nitrogens with one attached hydrogen (secondary N) is 1. The lowest BCUT2D eigenvalue weighted by atomic mass is 9.85. The van der Waals surface area contributed by atoms with E-state index in [-0.39, 0.29) is 18.5 Å². The Balaban J connectivity index is 0.00000132. The quantitative estimate of drug-likeness (QED) is 0.919. The van der Waals surface area contributed by atoms with Crippen LogP contribution in [0.3, 0.4) is 0 Å². The van der Waals surface area contributed by atoms with E-state index in [2.05, 4.69) is 47.6 Å². The molecule has 0 spiro atoms. The minimum Gasteiger partial charge on any atom is -0.366 e. The Kier molecular flexibility index (Phi) is 4.23. The summed E-state index contributed by atoms with van der Waals surface area (Å²) >= 11 is 1.87. The maximum atomic E-state index is 6.44. The van der Waals surface area contributed by atoms with Gasteiger partial charge in [0.25, 0.3) is 0 Å². The van der Waals surface area contributed by atoms with Gasteiger partial charge in [0.1, 0.15) is 0 Å². The summed E-state index contributed by atoms with van der Waals surface area (Å²) in [5, 5.41) is 1.40. The minimum absolute atomic E-state index is 0. The van der Waals surface area contributed by atoms with Crippen LogP contribution in [0.25, 0.3) is 10.9 Å². The number of aromatic nitrogens is 1. The predicted octanol–water partition coefficient (Wildman–Crippen LogP) is 3.25. The molecule has 0 radical (unpaired) electrons. The van der Waals surface area contributed by atoms with Crippen LogP contribution in [0.1, 0.15) is 17.2 Å². The summed E-state index contributed by atoms with van der Waals surface area (Å²) in [6, 6.07) is 7.02. The summed E-state index contributed by atoms with van der Waals surface area (Å²) in [6.45, 7) is 1.04. The number of hydrogen-bond donors (Lipinski definition) is 1.